The van der Waals surface area contributed by atoms with Crippen LogP contribution in [0.15, 0.2) is 12.1 Å². The number of aryl methyl sites for hydroxylation is 2. The molecule has 3 N–H and O–H groups in total. The van der Waals surface area contributed by atoms with E-state index in [0.29, 0.717) is 5.56 Å². The van der Waals surface area contributed by atoms with Crippen molar-refractivity contribution in [3.63, 3.8) is 0 Å². The number of nitrogens with zero attached hydrogens (tertiary/aromatic N) is 3. The van der Waals surface area contributed by atoms with Crippen LogP contribution in [0.5, 0.6) is 0 Å². The van der Waals surface area contributed by atoms with Gasteiger partial charge in [0.1, 0.15) is 5.82 Å². The van der Waals surface area contributed by atoms with Crippen molar-refractivity contribution in [2.45, 2.75) is 38.9 Å². The van der Waals surface area contributed by atoms with Crippen molar-refractivity contribution in [1.82, 2.24) is 15.0 Å². The number of nitrogens with one attached hydrogen (secondary N) is 1. The zero-order chi connectivity index (χ0) is 15.9. The molecule has 0 amide bonds. The highest BCUT2D eigenvalue weighted by Crippen LogP contribution is 2.34. The molecule has 116 valence electrons. The first-order valence-corrected chi connectivity index (χ1v) is 7.15. The summed E-state index contributed by atoms with van der Waals surface area (Å²) in [5.41, 5.74) is 8.18. The Balaban J connectivity index is 1.89. The number of benzene rings is 1. The largest absolute Gasteiger partial charge is 0.368 e. The van der Waals surface area contributed by atoms with Crippen molar-refractivity contribution >= 4 is 11.9 Å². The van der Waals surface area contributed by atoms with Crippen molar-refractivity contribution < 1.29 is 8.78 Å². The van der Waals surface area contributed by atoms with Gasteiger partial charge in [-0.25, -0.2) is 8.78 Å². The van der Waals surface area contributed by atoms with Crippen molar-refractivity contribution in [1.29, 1.82) is 0 Å². The molecule has 22 heavy (non-hydrogen) atoms. The van der Waals surface area contributed by atoms with Gasteiger partial charge in [0.15, 0.2) is 12.0 Å². The number of hydrogen-bond donors (Lipinski definition) is 2. The average Bonchev–Trinajstić information content (AvgIpc) is 2.81. The summed E-state index contributed by atoms with van der Waals surface area (Å²) >= 11 is 0. The van der Waals surface area contributed by atoms with E-state index in [9.17, 15) is 8.78 Å². The molecule has 0 aliphatic heterocycles. The van der Waals surface area contributed by atoms with Crippen molar-refractivity contribution in [2.24, 2.45) is 0 Å². The molecular weight excluding hydrogens is 288 g/mol. The number of halogens is 2. The summed E-state index contributed by atoms with van der Waals surface area (Å²) in [5, 5.41) is 3.15. The molecule has 1 heterocycles. The Hall–Kier alpha value is -2.31. The van der Waals surface area contributed by atoms with Gasteiger partial charge in [-0.05, 0) is 49.4 Å². The molecule has 0 unspecified atom stereocenters. The van der Waals surface area contributed by atoms with E-state index in [1.54, 1.807) is 13.0 Å². The van der Waals surface area contributed by atoms with Crippen LogP contribution in [0.3, 0.4) is 0 Å². The van der Waals surface area contributed by atoms with Crippen molar-refractivity contribution in [3.8, 4) is 0 Å². The van der Waals surface area contributed by atoms with Gasteiger partial charge in [-0.15, -0.1) is 0 Å². The Morgan fingerprint density at radius 2 is 2.09 bits per heavy atom. The maximum absolute atomic E-state index is 13.6. The molecule has 1 aromatic carbocycles. The molecule has 0 fully saturated rings. The summed E-state index contributed by atoms with van der Waals surface area (Å²) in [6, 6.07) is 3.36. The first-order valence-electron chi connectivity index (χ1n) is 7.15. The van der Waals surface area contributed by atoms with Crippen LogP contribution in [-0.4, -0.2) is 15.0 Å². The summed E-state index contributed by atoms with van der Waals surface area (Å²) in [6.45, 7) is 3.07. The van der Waals surface area contributed by atoms with Crippen molar-refractivity contribution in [3.05, 3.63) is 40.5 Å². The fourth-order valence-corrected chi connectivity index (χ4v) is 2.70. The topological polar surface area (TPSA) is 76.7 Å². The minimum absolute atomic E-state index is 0.00325. The minimum Gasteiger partial charge on any atom is -0.368 e. The number of nitrogen functional groups attached to an aromatic ring is 1. The molecular formula is C15H17F2N5. The standard InChI is InChI=1S/C15H17F2N5/c1-7-5-10-9(6-11(7)17)3-4-12(10)19-15-21-13(8(2)16)20-14(18)22-15/h5-6,8,12H,3-4H2,1-2H3,(H3,18,19,20,21,22)/t8-,12-/m1/s1. The second-order valence-electron chi connectivity index (χ2n) is 5.53. The van der Waals surface area contributed by atoms with Gasteiger partial charge in [-0.1, -0.05) is 6.07 Å². The van der Waals surface area contributed by atoms with Crippen LogP contribution in [0.1, 0.15) is 48.1 Å². The molecule has 1 aromatic heterocycles. The molecule has 0 saturated carbocycles. The van der Waals surface area contributed by atoms with Crippen molar-refractivity contribution in [2.75, 3.05) is 11.1 Å². The first kappa shape index (κ1) is 14.6. The zero-order valence-electron chi connectivity index (χ0n) is 12.4. The highest BCUT2D eigenvalue weighted by atomic mass is 19.1. The molecule has 1 aliphatic carbocycles. The molecule has 7 heteroatoms. The van der Waals surface area contributed by atoms with E-state index in [4.69, 9.17) is 5.73 Å². The van der Waals surface area contributed by atoms with Crippen LogP contribution in [0.2, 0.25) is 0 Å². The van der Waals surface area contributed by atoms with E-state index in [1.807, 2.05) is 6.07 Å². The number of aromatic nitrogens is 3. The summed E-state index contributed by atoms with van der Waals surface area (Å²) in [7, 11) is 0. The lowest BCUT2D eigenvalue weighted by Gasteiger charge is -2.15. The lowest BCUT2D eigenvalue weighted by atomic mass is 10.0. The minimum atomic E-state index is -1.32. The zero-order valence-corrected chi connectivity index (χ0v) is 12.4. The molecule has 0 radical (unpaired) electrons. The van der Waals surface area contributed by atoms with E-state index >= 15 is 0 Å². The van der Waals surface area contributed by atoms with Crippen LogP contribution in [0.25, 0.3) is 0 Å². The van der Waals surface area contributed by atoms with Crippen LogP contribution in [0.4, 0.5) is 20.7 Å². The average molecular weight is 305 g/mol. The highest BCUT2D eigenvalue weighted by Gasteiger charge is 2.25. The molecule has 0 saturated heterocycles. The van der Waals surface area contributed by atoms with Crippen LogP contribution < -0.4 is 11.1 Å². The molecule has 0 spiro atoms. The van der Waals surface area contributed by atoms with Gasteiger partial charge >= 0.3 is 0 Å². The van der Waals surface area contributed by atoms with E-state index in [-0.39, 0.29) is 29.6 Å². The Morgan fingerprint density at radius 3 is 2.82 bits per heavy atom. The second-order valence-corrected chi connectivity index (χ2v) is 5.53. The molecule has 2 atom stereocenters. The van der Waals surface area contributed by atoms with E-state index in [1.165, 1.54) is 6.92 Å². The Bertz CT molecular complexity index is 717. The van der Waals surface area contributed by atoms with Crippen LogP contribution in [0, 0.1) is 12.7 Å². The molecule has 0 bridgehead atoms. The number of rotatable bonds is 3. The fraction of sp³-hybridized carbons (Fsp3) is 0.400. The second kappa shape index (κ2) is 5.47. The third kappa shape index (κ3) is 2.70. The van der Waals surface area contributed by atoms with Crippen LogP contribution >= 0.6 is 0 Å². The SMILES string of the molecule is Cc1cc2c(cc1F)CC[C@H]2Nc1nc(N)nc([C@@H](C)F)n1. The smallest absolute Gasteiger partial charge is 0.228 e. The van der Waals surface area contributed by atoms with E-state index in [0.717, 1.165) is 24.0 Å². The Morgan fingerprint density at radius 1 is 1.32 bits per heavy atom. The predicted octanol–water partition coefficient (Wildman–Crippen LogP) is 3.03. The van der Waals surface area contributed by atoms with E-state index in [2.05, 4.69) is 20.3 Å². The summed E-state index contributed by atoms with van der Waals surface area (Å²) < 4.78 is 27.0. The maximum Gasteiger partial charge on any atom is 0.228 e. The molecule has 5 nitrogen and oxygen atoms in total. The first-order chi connectivity index (χ1) is 10.4. The van der Waals surface area contributed by atoms with Gasteiger partial charge in [0.2, 0.25) is 11.9 Å². The van der Waals surface area contributed by atoms with E-state index < -0.39 is 6.17 Å². The Labute approximate surface area is 127 Å². The third-order valence-electron chi connectivity index (χ3n) is 3.83. The highest BCUT2D eigenvalue weighted by molar-refractivity contribution is 5.44. The van der Waals surface area contributed by atoms with Gasteiger partial charge in [0.05, 0.1) is 6.04 Å². The van der Waals surface area contributed by atoms with Crippen LogP contribution in [-0.2, 0) is 6.42 Å². The predicted molar refractivity (Wildman–Crippen MR) is 79.6 cm³/mol. The molecule has 2 aromatic rings. The summed E-state index contributed by atoms with van der Waals surface area (Å²) in [4.78, 5) is 11.8. The molecule has 1 aliphatic rings. The lowest BCUT2D eigenvalue weighted by Crippen LogP contribution is -2.14. The normalized spacial score (nSPS) is 18.1. The van der Waals surface area contributed by atoms with Gasteiger partial charge in [-0.2, -0.15) is 15.0 Å². The third-order valence-corrected chi connectivity index (χ3v) is 3.83. The van der Waals surface area contributed by atoms with Gasteiger partial charge < -0.3 is 11.1 Å². The molecule has 3 rings (SSSR count). The number of hydrogen-bond acceptors (Lipinski definition) is 5. The summed E-state index contributed by atoms with van der Waals surface area (Å²) in [6.07, 6.45) is 0.250. The van der Waals surface area contributed by atoms with Gasteiger partial charge in [0.25, 0.3) is 0 Å². The number of nitrogens with two attached hydrogens (primary N) is 1. The summed E-state index contributed by atoms with van der Waals surface area (Å²) in [5.74, 6) is 0.0261. The fourth-order valence-electron chi connectivity index (χ4n) is 2.70. The Kier molecular flexibility index (Phi) is 3.64. The quantitative estimate of drug-likeness (QED) is 0.911. The lowest BCUT2D eigenvalue weighted by molar-refractivity contribution is 0.356. The number of anilines is 2. The number of alkyl halides is 1. The monoisotopic (exact) mass is 305 g/mol. The maximum atomic E-state index is 13.6. The number of fused-ring (bicyclic) bond motifs is 1. The van der Waals surface area contributed by atoms with Gasteiger partial charge in [0, 0.05) is 0 Å². The van der Waals surface area contributed by atoms with Gasteiger partial charge in [-0.3, -0.25) is 0 Å².